The predicted molar refractivity (Wildman–Crippen MR) is 121 cm³/mol. The maximum absolute atomic E-state index is 12.9. The second kappa shape index (κ2) is 9.87. The number of likely N-dealkylation sites (tertiary alicyclic amines) is 1. The van der Waals surface area contributed by atoms with Crippen LogP contribution in [-0.4, -0.2) is 53.7 Å². The van der Waals surface area contributed by atoms with E-state index in [1.807, 2.05) is 6.92 Å². The van der Waals surface area contributed by atoms with Crippen LogP contribution in [0.2, 0.25) is 0 Å². The lowest BCUT2D eigenvalue weighted by molar-refractivity contribution is -0.140. The van der Waals surface area contributed by atoms with Crippen LogP contribution >= 0.6 is 0 Å². The third-order valence-corrected chi connectivity index (χ3v) is 5.31. The Morgan fingerprint density at radius 1 is 1.12 bits per heavy atom. The molecule has 0 radical (unpaired) electrons. The number of ketones is 1. The fourth-order valence-corrected chi connectivity index (χ4v) is 3.67. The summed E-state index contributed by atoms with van der Waals surface area (Å²) in [6.45, 7) is 6.97. The lowest BCUT2D eigenvalue weighted by atomic mass is 9.94. The van der Waals surface area contributed by atoms with Crippen molar-refractivity contribution < 1.29 is 29.3 Å². The van der Waals surface area contributed by atoms with Gasteiger partial charge < -0.3 is 24.6 Å². The van der Waals surface area contributed by atoms with E-state index >= 15 is 0 Å². The van der Waals surface area contributed by atoms with Gasteiger partial charge in [-0.1, -0.05) is 26.0 Å². The summed E-state index contributed by atoms with van der Waals surface area (Å²) in [5.41, 5.74) is 1.85. The normalized spacial score (nSPS) is 17.9. The first-order valence-corrected chi connectivity index (χ1v) is 10.5. The molecule has 3 rings (SSSR count). The van der Waals surface area contributed by atoms with E-state index in [2.05, 4.69) is 13.8 Å². The van der Waals surface area contributed by atoms with Gasteiger partial charge in [-0.3, -0.25) is 9.59 Å². The number of carbonyl (C=O) groups is 2. The number of aliphatic hydroxyl groups is 1. The SMILES string of the molecule is COCCN1C(=O)C(=O)/C(=C(/O)c2ccc(OCC(C)C)c(C)c2)[C@@H]1c1ccc(O)cc1. The van der Waals surface area contributed by atoms with E-state index in [-0.39, 0.29) is 30.2 Å². The molecule has 32 heavy (non-hydrogen) atoms. The number of phenols is 1. The first-order chi connectivity index (χ1) is 15.2. The summed E-state index contributed by atoms with van der Waals surface area (Å²) < 4.78 is 10.9. The molecule has 1 heterocycles. The Morgan fingerprint density at radius 3 is 2.41 bits per heavy atom. The number of hydrogen-bond donors (Lipinski definition) is 2. The van der Waals surface area contributed by atoms with Gasteiger partial charge in [0.1, 0.15) is 17.3 Å². The molecular formula is C25H29NO6. The third kappa shape index (κ3) is 4.78. The van der Waals surface area contributed by atoms with Crippen molar-refractivity contribution in [2.24, 2.45) is 5.92 Å². The van der Waals surface area contributed by atoms with Crippen LogP contribution in [-0.2, 0) is 14.3 Å². The highest BCUT2D eigenvalue weighted by Gasteiger charge is 2.45. The van der Waals surface area contributed by atoms with Crippen LogP contribution in [0.4, 0.5) is 0 Å². The number of carbonyl (C=O) groups excluding carboxylic acids is 2. The van der Waals surface area contributed by atoms with Crippen molar-refractivity contribution in [2.45, 2.75) is 26.8 Å². The van der Waals surface area contributed by atoms with Gasteiger partial charge in [-0.25, -0.2) is 0 Å². The Labute approximate surface area is 187 Å². The molecule has 1 aliphatic rings. The molecule has 170 valence electrons. The Bertz CT molecular complexity index is 1030. The number of Topliss-reactive ketones (excluding diaryl/α,β-unsaturated/α-hetero) is 1. The van der Waals surface area contributed by atoms with Crippen LogP contribution in [0, 0.1) is 12.8 Å². The van der Waals surface area contributed by atoms with Gasteiger partial charge in [-0.05, 0) is 54.3 Å². The molecule has 0 bridgehead atoms. The molecule has 2 N–H and O–H groups in total. The number of methoxy groups -OCH3 is 1. The largest absolute Gasteiger partial charge is 0.508 e. The van der Waals surface area contributed by atoms with Gasteiger partial charge in [0, 0.05) is 19.2 Å². The molecule has 0 unspecified atom stereocenters. The number of amides is 1. The number of hydrogen-bond acceptors (Lipinski definition) is 6. The molecule has 1 amide bonds. The summed E-state index contributed by atoms with van der Waals surface area (Å²) >= 11 is 0. The number of aromatic hydroxyl groups is 1. The molecule has 0 spiro atoms. The quantitative estimate of drug-likeness (QED) is 0.369. The summed E-state index contributed by atoms with van der Waals surface area (Å²) in [5, 5.41) is 20.8. The van der Waals surface area contributed by atoms with E-state index in [0.717, 1.165) is 5.56 Å². The number of benzene rings is 2. The van der Waals surface area contributed by atoms with Crippen molar-refractivity contribution in [3.8, 4) is 11.5 Å². The van der Waals surface area contributed by atoms with E-state index in [1.165, 1.54) is 24.1 Å². The van der Waals surface area contributed by atoms with Gasteiger partial charge in [0.25, 0.3) is 11.7 Å². The van der Waals surface area contributed by atoms with Gasteiger partial charge in [-0.15, -0.1) is 0 Å². The van der Waals surface area contributed by atoms with E-state index in [4.69, 9.17) is 9.47 Å². The summed E-state index contributed by atoms with van der Waals surface area (Å²) in [6, 6.07) is 10.6. The minimum absolute atomic E-state index is 0.00652. The van der Waals surface area contributed by atoms with Crippen LogP contribution < -0.4 is 4.74 Å². The van der Waals surface area contributed by atoms with E-state index in [1.54, 1.807) is 30.3 Å². The summed E-state index contributed by atoms with van der Waals surface area (Å²) in [5.74, 6) is -0.568. The molecule has 2 aromatic rings. The molecule has 1 fully saturated rings. The first-order valence-electron chi connectivity index (χ1n) is 10.5. The van der Waals surface area contributed by atoms with E-state index in [0.29, 0.717) is 29.4 Å². The fraction of sp³-hybridized carbons (Fsp3) is 0.360. The Balaban J connectivity index is 2.06. The maximum Gasteiger partial charge on any atom is 0.295 e. The second-order valence-corrected chi connectivity index (χ2v) is 8.26. The summed E-state index contributed by atoms with van der Waals surface area (Å²) in [6.07, 6.45) is 0. The molecule has 1 saturated heterocycles. The van der Waals surface area contributed by atoms with Gasteiger partial charge in [0.05, 0.1) is 24.8 Å². The highest BCUT2D eigenvalue weighted by molar-refractivity contribution is 6.46. The highest BCUT2D eigenvalue weighted by Crippen LogP contribution is 2.40. The van der Waals surface area contributed by atoms with Crippen molar-refractivity contribution in [1.82, 2.24) is 4.90 Å². The zero-order valence-corrected chi connectivity index (χ0v) is 18.8. The van der Waals surface area contributed by atoms with Crippen molar-refractivity contribution in [2.75, 3.05) is 26.9 Å². The van der Waals surface area contributed by atoms with Crippen LogP contribution in [0.3, 0.4) is 0 Å². The Morgan fingerprint density at radius 2 is 1.81 bits per heavy atom. The zero-order valence-electron chi connectivity index (χ0n) is 18.8. The third-order valence-electron chi connectivity index (χ3n) is 5.31. The van der Waals surface area contributed by atoms with Crippen LogP contribution in [0.5, 0.6) is 11.5 Å². The van der Waals surface area contributed by atoms with Gasteiger partial charge in [0.15, 0.2) is 0 Å². The number of aliphatic hydroxyl groups excluding tert-OH is 1. The molecule has 1 atom stereocenters. The van der Waals surface area contributed by atoms with Crippen molar-refractivity contribution in [3.63, 3.8) is 0 Å². The van der Waals surface area contributed by atoms with Crippen LogP contribution in [0.25, 0.3) is 5.76 Å². The van der Waals surface area contributed by atoms with Crippen molar-refractivity contribution >= 4 is 17.4 Å². The minimum Gasteiger partial charge on any atom is -0.508 e. The predicted octanol–water partition coefficient (Wildman–Crippen LogP) is 3.80. The van der Waals surface area contributed by atoms with Crippen molar-refractivity contribution in [3.05, 3.63) is 64.7 Å². The second-order valence-electron chi connectivity index (χ2n) is 8.26. The highest BCUT2D eigenvalue weighted by atomic mass is 16.5. The van der Waals surface area contributed by atoms with Crippen molar-refractivity contribution in [1.29, 1.82) is 0 Å². The van der Waals surface area contributed by atoms with E-state index < -0.39 is 17.7 Å². The fourth-order valence-electron chi connectivity index (χ4n) is 3.67. The zero-order chi connectivity index (χ0) is 23.4. The lowest BCUT2D eigenvalue weighted by Crippen LogP contribution is -2.32. The summed E-state index contributed by atoms with van der Waals surface area (Å²) in [4.78, 5) is 27.1. The van der Waals surface area contributed by atoms with Gasteiger partial charge in [0.2, 0.25) is 0 Å². The van der Waals surface area contributed by atoms with Crippen LogP contribution in [0.15, 0.2) is 48.0 Å². The molecule has 7 nitrogen and oxygen atoms in total. The Kier molecular flexibility index (Phi) is 7.20. The monoisotopic (exact) mass is 439 g/mol. The molecule has 0 saturated carbocycles. The maximum atomic E-state index is 12.9. The smallest absolute Gasteiger partial charge is 0.295 e. The average molecular weight is 440 g/mol. The molecule has 0 aromatic heterocycles. The number of aryl methyl sites for hydroxylation is 1. The number of nitrogens with zero attached hydrogens (tertiary/aromatic N) is 1. The van der Waals surface area contributed by atoms with E-state index in [9.17, 15) is 19.8 Å². The van der Waals surface area contributed by atoms with Gasteiger partial charge >= 0.3 is 0 Å². The minimum atomic E-state index is -0.789. The standard InChI is InChI=1S/C25H29NO6/c1-15(2)14-32-20-10-7-18(13-16(20)3)23(28)21-22(17-5-8-19(27)9-6-17)26(11-12-31-4)25(30)24(21)29/h5-10,13,15,22,27-28H,11-12,14H2,1-4H3/b23-21+/t22-/m0/s1. The van der Waals surface area contributed by atoms with Gasteiger partial charge in [-0.2, -0.15) is 0 Å². The first kappa shape index (κ1) is 23.3. The number of ether oxygens (including phenoxy) is 2. The number of phenolic OH excluding ortho intramolecular Hbond substituents is 1. The molecule has 1 aliphatic heterocycles. The number of rotatable bonds is 8. The average Bonchev–Trinajstić information content (AvgIpc) is 3.01. The molecule has 2 aromatic carbocycles. The lowest BCUT2D eigenvalue weighted by Gasteiger charge is -2.25. The molecule has 7 heteroatoms. The van der Waals surface area contributed by atoms with Crippen LogP contribution in [0.1, 0.15) is 36.6 Å². The Hall–Kier alpha value is -3.32. The molecule has 0 aliphatic carbocycles. The topological polar surface area (TPSA) is 96.3 Å². The summed E-state index contributed by atoms with van der Waals surface area (Å²) in [7, 11) is 1.51. The molecular weight excluding hydrogens is 410 g/mol.